The maximum atomic E-state index is 5.63. The molecule has 5 aromatic carbocycles. The fourth-order valence-corrected chi connectivity index (χ4v) is 4.12. The van der Waals surface area contributed by atoms with Crippen molar-refractivity contribution in [2.75, 3.05) is 40.6 Å². The highest BCUT2D eigenvalue weighted by molar-refractivity contribution is 5.88. The summed E-state index contributed by atoms with van der Waals surface area (Å²) in [6.07, 6.45) is 2.29. The van der Waals surface area contributed by atoms with Crippen LogP contribution >= 0.6 is 0 Å². The van der Waals surface area contributed by atoms with Crippen LogP contribution in [0.2, 0.25) is 0 Å². The predicted octanol–water partition coefficient (Wildman–Crippen LogP) is 9.18. The summed E-state index contributed by atoms with van der Waals surface area (Å²) in [5.74, 6) is 1.84. The number of fused-ring (bicyclic) bond motifs is 2. The molecular weight excluding hydrogens is 508 g/mol. The number of rotatable bonds is 10. The summed E-state index contributed by atoms with van der Waals surface area (Å²) in [5.41, 5.74) is 2.86. The smallest absolute Gasteiger partial charge is 0.127 e. The molecule has 4 heteroatoms. The Kier molecular flexibility index (Phi) is 15.7. The van der Waals surface area contributed by atoms with E-state index < -0.39 is 0 Å². The first-order valence-corrected chi connectivity index (χ1v) is 14.0. The molecule has 0 aliphatic carbocycles. The summed E-state index contributed by atoms with van der Waals surface area (Å²) in [4.78, 5) is 0. The monoisotopic (exact) mass is 554 g/mol. The summed E-state index contributed by atoms with van der Waals surface area (Å²) in [6.45, 7) is 6.77. The molecule has 0 aliphatic rings. The van der Waals surface area contributed by atoms with Gasteiger partial charge < -0.3 is 18.9 Å². The van der Waals surface area contributed by atoms with Gasteiger partial charge in [0.1, 0.15) is 24.7 Å². The zero-order valence-corrected chi connectivity index (χ0v) is 24.3. The normalized spacial score (nSPS) is 10.0. The van der Waals surface area contributed by atoms with E-state index in [9.17, 15) is 0 Å². The molecule has 0 N–H and O–H groups in total. The molecule has 0 aliphatic heterocycles. The lowest BCUT2D eigenvalue weighted by molar-refractivity contribution is 0.147. The summed E-state index contributed by atoms with van der Waals surface area (Å²) >= 11 is 0. The molecule has 5 rings (SSSR count). The van der Waals surface area contributed by atoms with Crippen LogP contribution in [-0.2, 0) is 22.3 Å². The van der Waals surface area contributed by atoms with E-state index in [0.717, 1.165) is 35.1 Å². The van der Waals surface area contributed by atoms with Crippen molar-refractivity contribution in [3.63, 3.8) is 0 Å². The van der Waals surface area contributed by atoms with E-state index in [1.165, 1.54) is 21.9 Å². The first kappa shape index (κ1) is 33.3. The van der Waals surface area contributed by atoms with Gasteiger partial charge in [0.05, 0.1) is 13.2 Å². The third kappa shape index (κ3) is 10.9. The average Bonchev–Trinajstić information content (AvgIpc) is 3.02. The second-order valence-corrected chi connectivity index (χ2v) is 9.16. The number of benzene rings is 5. The van der Waals surface area contributed by atoms with Crippen LogP contribution in [0.1, 0.15) is 32.4 Å². The topological polar surface area (TPSA) is 36.9 Å². The molecule has 0 fully saturated rings. The van der Waals surface area contributed by atoms with E-state index in [4.69, 9.17) is 18.9 Å². The van der Waals surface area contributed by atoms with E-state index >= 15 is 0 Å². The molecule has 5 aromatic rings. The van der Waals surface area contributed by atoms with E-state index in [-0.39, 0.29) is 7.43 Å². The zero-order valence-electron chi connectivity index (χ0n) is 24.3. The van der Waals surface area contributed by atoms with Gasteiger partial charge in [-0.2, -0.15) is 0 Å². The molecule has 0 atom stereocenters. The van der Waals surface area contributed by atoms with Gasteiger partial charge in [0.15, 0.2) is 0 Å². The second-order valence-electron chi connectivity index (χ2n) is 9.16. The third-order valence-corrected chi connectivity index (χ3v) is 6.43. The number of ether oxygens (including phenoxy) is 4. The highest BCUT2D eigenvalue weighted by Crippen LogP contribution is 2.25. The van der Waals surface area contributed by atoms with Crippen molar-refractivity contribution in [2.24, 2.45) is 0 Å². The number of aryl methyl sites for hydroxylation is 2. The lowest BCUT2D eigenvalue weighted by atomic mass is 10.1. The Morgan fingerprint density at radius 2 is 0.805 bits per heavy atom. The fraction of sp³-hybridized carbons (Fsp3) is 0.297. The van der Waals surface area contributed by atoms with Crippen molar-refractivity contribution in [1.82, 2.24) is 0 Å². The molecule has 0 amide bonds. The Balaban J connectivity index is 0.000000217. The summed E-state index contributed by atoms with van der Waals surface area (Å²) in [6, 6.07) is 37.4. The van der Waals surface area contributed by atoms with E-state index in [0.29, 0.717) is 26.4 Å². The van der Waals surface area contributed by atoms with Crippen LogP contribution in [0.5, 0.6) is 11.5 Å². The van der Waals surface area contributed by atoms with E-state index in [2.05, 4.69) is 74.5 Å². The van der Waals surface area contributed by atoms with Gasteiger partial charge in [0.2, 0.25) is 0 Å². The van der Waals surface area contributed by atoms with Gasteiger partial charge in [-0.15, -0.1) is 0 Å². The van der Waals surface area contributed by atoms with Crippen molar-refractivity contribution in [3.8, 4) is 11.5 Å². The van der Waals surface area contributed by atoms with E-state index in [1.807, 2.05) is 48.5 Å². The van der Waals surface area contributed by atoms with Crippen LogP contribution in [0.25, 0.3) is 21.5 Å². The maximum Gasteiger partial charge on any atom is 0.127 e. The van der Waals surface area contributed by atoms with Gasteiger partial charge in [0.25, 0.3) is 0 Å². The standard InChI is InChI=1S/2C13H14O2.C10H14.CH4/c2*1-14-9-10-15-13-8-4-6-11-5-2-3-7-12(11)13;1-3-9-5-7-10(4-2)8-6-9;/h2*2-8H,9-10H2,1H3;5-8H,3-4H2,1-2H3;1H4. The summed E-state index contributed by atoms with van der Waals surface area (Å²) in [5, 5.41) is 4.70. The minimum absolute atomic E-state index is 0. The minimum Gasteiger partial charge on any atom is -0.491 e. The first-order valence-electron chi connectivity index (χ1n) is 14.0. The van der Waals surface area contributed by atoms with Crippen LogP contribution in [-0.4, -0.2) is 40.6 Å². The quantitative estimate of drug-likeness (QED) is 0.161. The molecule has 0 aromatic heterocycles. The Hall–Kier alpha value is -3.86. The molecule has 0 saturated heterocycles. The molecule has 0 bridgehead atoms. The van der Waals surface area contributed by atoms with Crippen LogP contribution in [0.15, 0.2) is 109 Å². The van der Waals surface area contributed by atoms with Gasteiger partial charge in [-0.25, -0.2) is 0 Å². The minimum atomic E-state index is 0. The van der Waals surface area contributed by atoms with Crippen molar-refractivity contribution < 1.29 is 18.9 Å². The van der Waals surface area contributed by atoms with Crippen LogP contribution in [0.4, 0.5) is 0 Å². The van der Waals surface area contributed by atoms with Gasteiger partial charge in [-0.05, 0) is 46.9 Å². The Morgan fingerprint density at radius 3 is 1.17 bits per heavy atom. The molecule has 218 valence electrons. The Bertz CT molecular complexity index is 1280. The van der Waals surface area contributed by atoms with Crippen LogP contribution in [0.3, 0.4) is 0 Å². The zero-order chi connectivity index (χ0) is 28.4. The Labute approximate surface area is 246 Å². The van der Waals surface area contributed by atoms with Gasteiger partial charge in [0, 0.05) is 25.0 Å². The van der Waals surface area contributed by atoms with Crippen molar-refractivity contribution in [2.45, 2.75) is 34.1 Å². The van der Waals surface area contributed by atoms with Crippen molar-refractivity contribution in [1.29, 1.82) is 0 Å². The molecule has 4 nitrogen and oxygen atoms in total. The first-order chi connectivity index (χ1) is 19.7. The molecule has 41 heavy (non-hydrogen) atoms. The second kappa shape index (κ2) is 19.3. The molecule has 0 saturated carbocycles. The lowest BCUT2D eigenvalue weighted by Gasteiger charge is -2.08. The predicted molar refractivity (Wildman–Crippen MR) is 175 cm³/mol. The molecule has 0 spiro atoms. The Morgan fingerprint density at radius 1 is 0.439 bits per heavy atom. The van der Waals surface area contributed by atoms with Gasteiger partial charge in [-0.3, -0.25) is 0 Å². The third-order valence-electron chi connectivity index (χ3n) is 6.43. The maximum absolute atomic E-state index is 5.63. The number of methoxy groups -OCH3 is 2. The fourth-order valence-electron chi connectivity index (χ4n) is 4.12. The lowest BCUT2D eigenvalue weighted by Crippen LogP contribution is -2.04. The highest BCUT2D eigenvalue weighted by atomic mass is 16.5. The van der Waals surface area contributed by atoms with Crippen molar-refractivity contribution in [3.05, 3.63) is 120 Å². The van der Waals surface area contributed by atoms with Crippen LogP contribution < -0.4 is 9.47 Å². The number of hydrogen-bond acceptors (Lipinski definition) is 4. The van der Waals surface area contributed by atoms with Crippen molar-refractivity contribution >= 4 is 21.5 Å². The largest absolute Gasteiger partial charge is 0.491 e. The van der Waals surface area contributed by atoms with Crippen LogP contribution in [0, 0.1) is 0 Å². The SMILES string of the molecule is C.CCc1ccc(CC)cc1.COCCOc1cccc2ccccc12.COCCOc1cccc2ccccc12. The molecule has 0 unspecified atom stereocenters. The molecule has 0 heterocycles. The number of hydrogen-bond donors (Lipinski definition) is 0. The highest BCUT2D eigenvalue weighted by Gasteiger charge is 2.01. The molecular formula is C37H46O4. The summed E-state index contributed by atoms with van der Waals surface area (Å²) in [7, 11) is 3.35. The molecule has 0 radical (unpaired) electrons. The summed E-state index contributed by atoms with van der Waals surface area (Å²) < 4.78 is 21.2. The van der Waals surface area contributed by atoms with Gasteiger partial charge >= 0.3 is 0 Å². The van der Waals surface area contributed by atoms with Gasteiger partial charge in [-0.1, -0.05) is 118 Å². The van der Waals surface area contributed by atoms with E-state index in [1.54, 1.807) is 14.2 Å². The average molecular weight is 555 g/mol.